The van der Waals surface area contributed by atoms with Crippen molar-refractivity contribution in [2.45, 2.75) is 18.8 Å². The molecule has 2 atom stereocenters. The molecule has 0 aromatic rings. The number of carbonyl (C=O) groups excluding carboxylic acids is 1. The zero-order valence-electron chi connectivity index (χ0n) is 7.77. The van der Waals surface area contributed by atoms with Crippen LogP contribution >= 0.6 is 0 Å². The van der Waals surface area contributed by atoms with E-state index in [1.165, 1.54) is 0 Å². The smallest absolute Gasteiger partial charge is 0.326 e. The normalized spacial score (nSPS) is 14.0. The summed E-state index contributed by atoms with van der Waals surface area (Å²) in [6.07, 6.45) is -3.15. The third kappa shape index (κ3) is 4.91. The van der Waals surface area contributed by atoms with Crippen molar-refractivity contribution in [1.29, 1.82) is 0 Å². The summed E-state index contributed by atoms with van der Waals surface area (Å²) in [6, 6.07) is -1.68. The van der Waals surface area contributed by atoms with Crippen LogP contribution in [0.5, 0.6) is 0 Å². The maximum absolute atomic E-state index is 12.5. The topological polar surface area (TPSA) is 113 Å². The summed E-state index contributed by atoms with van der Waals surface area (Å²) in [5, 5.41) is 18.5. The van der Waals surface area contributed by atoms with E-state index in [1.807, 2.05) is 0 Å². The standard InChI is InChI=1S/C7H10FNO6/c1-15-5(8)6(12)9-3(7(13)14)2-4(10)11/h3,5H,2H2,1H3,(H,9,12)(H,10,11)(H,13,14). The van der Waals surface area contributed by atoms with Gasteiger partial charge < -0.3 is 20.3 Å². The number of aliphatic carboxylic acids is 2. The maximum atomic E-state index is 12.5. The molecule has 0 bridgehead atoms. The molecule has 0 aliphatic rings. The highest BCUT2D eigenvalue weighted by Gasteiger charge is 2.26. The Balaban J connectivity index is 4.35. The molecular formula is C7H10FNO6. The fourth-order valence-electron chi connectivity index (χ4n) is 0.719. The molecule has 8 heteroatoms. The van der Waals surface area contributed by atoms with Crippen molar-refractivity contribution in [3.8, 4) is 0 Å². The Morgan fingerprint density at radius 1 is 1.40 bits per heavy atom. The number of methoxy groups -OCH3 is 1. The van der Waals surface area contributed by atoms with Crippen LogP contribution in [-0.2, 0) is 19.1 Å². The Bertz CT molecular complexity index is 268. The van der Waals surface area contributed by atoms with Crippen molar-refractivity contribution in [1.82, 2.24) is 5.32 Å². The van der Waals surface area contributed by atoms with E-state index in [2.05, 4.69) is 4.74 Å². The highest BCUT2D eigenvalue weighted by molar-refractivity contribution is 5.88. The van der Waals surface area contributed by atoms with E-state index in [9.17, 15) is 18.8 Å². The van der Waals surface area contributed by atoms with Crippen molar-refractivity contribution >= 4 is 17.8 Å². The molecule has 3 N–H and O–H groups in total. The molecule has 0 radical (unpaired) electrons. The number of carboxylic acids is 2. The monoisotopic (exact) mass is 223 g/mol. The van der Waals surface area contributed by atoms with Gasteiger partial charge in [0.2, 0.25) is 0 Å². The molecule has 0 aromatic heterocycles. The first kappa shape index (κ1) is 13.3. The molecule has 15 heavy (non-hydrogen) atoms. The summed E-state index contributed by atoms with van der Waals surface area (Å²) in [4.78, 5) is 31.4. The SMILES string of the molecule is COC(F)C(=O)NC(CC(=O)O)C(=O)O. The van der Waals surface area contributed by atoms with Gasteiger partial charge in [-0.1, -0.05) is 0 Å². The minimum absolute atomic E-state index is 0.836. The fourth-order valence-corrected chi connectivity index (χ4v) is 0.719. The van der Waals surface area contributed by atoms with Gasteiger partial charge in [-0.3, -0.25) is 9.59 Å². The van der Waals surface area contributed by atoms with Gasteiger partial charge in [-0.15, -0.1) is 0 Å². The zero-order chi connectivity index (χ0) is 12.0. The number of hydrogen-bond donors (Lipinski definition) is 3. The van der Waals surface area contributed by atoms with Gasteiger partial charge in [0.15, 0.2) is 0 Å². The average Bonchev–Trinajstić information content (AvgIpc) is 2.14. The molecular weight excluding hydrogens is 213 g/mol. The molecule has 1 amide bonds. The summed E-state index contributed by atoms with van der Waals surface area (Å²) in [7, 11) is 0.914. The lowest BCUT2D eigenvalue weighted by Gasteiger charge is -2.13. The largest absolute Gasteiger partial charge is 0.481 e. The van der Waals surface area contributed by atoms with Crippen LogP contribution in [0.25, 0.3) is 0 Å². The highest BCUT2D eigenvalue weighted by atomic mass is 19.1. The molecule has 0 rings (SSSR count). The van der Waals surface area contributed by atoms with E-state index in [-0.39, 0.29) is 0 Å². The van der Waals surface area contributed by atoms with Gasteiger partial charge in [0.25, 0.3) is 12.3 Å². The summed E-state index contributed by atoms with van der Waals surface area (Å²) < 4.78 is 16.5. The zero-order valence-corrected chi connectivity index (χ0v) is 7.77. The van der Waals surface area contributed by atoms with E-state index in [0.717, 1.165) is 7.11 Å². The Labute approximate surface area is 83.8 Å². The molecule has 0 aliphatic carbocycles. The second kappa shape index (κ2) is 5.91. The maximum Gasteiger partial charge on any atom is 0.326 e. The van der Waals surface area contributed by atoms with Crippen molar-refractivity contribution < 1.29 is 33.7 Å². The lowest BCUT2D eigenvalue weighted by atomic mass is 10.2. The minimum Gasteiger partial charge on any atom is -0.481 e. The summed E-state index contributed by atoms with van der Waals surface area (Å²) in [6.45, 7) is 0. The predicted molar refractivity (Wildman–Crippen MR) is 43.7 cm³/mol. The fraction of sp³-hybridized carbons (Fsp3) is 0.571. The third-order valence-electron chi connectivity index (χ3n) is 1.41. The van der Waals surface area contributed by atoms with E-state index in [0.29, 0.717) is 0 Å². The van der Waals surface area contributed by atoms with Crippen LogP contribution in [0.4, 0.5) is 4.39 Å². The number of ether oxygens (including phenoxy) is 1. The molecule has 0 saturated heterocycles. The van der Waals surface area contributed by atoms with Crippen molar-refractivity contribution in [2.24, 2.45) is 0 Å². The number of rotatable bonds is 6. The van der Waals surface area contributed by atoms with Crippen LogP contribution in [0.3, 0.4) is 0 Å². The number of nitrogens with one attached hydrogen (secondary N) is 1. The van der Waals surface area contributed by atoms with E-state index in [4.69, 9.17) is 10.2 Å². The van der Waals surface area contributed by atoms with E-state index >= 15 is 0 Å². The number of halogens is 1. The van der Waals surface area contributed by atoms with Gasteiger partial charge in [-0.2, -0.15) is 0 Å². The molecule has 0 spiro atoms. The molecule has 2 unspecified atom stereocenters. The van der Waals surface area contributed by atoms with Gasteiger partial charge in [0, 0.05) is 7.11 Å². The van der Waals surface area contributed by atoms with Gasteiger partial charge in [-0.25, -0.2) is 9.18 Å². The van der Waals surface area contributed by atoms with Gasteiger partial charge in [0.1, 0.15) is 6.04 Å². The lowest BCUT2D eigenvalue weighted by Crippen LogP contribution is -2.45. The summed E-state index contributed by atoms with van der Waals surface area (Å²) in [5.41, 5.74) is 0. The first-order valence-electron chi connectivity index (χ1n) is 3.80. The molecule has 0 fully saturated rings. The summed E-state index contributed by atoms with van der Waals surface area (Å²) in [5.74, 6) is -4.31. The van der Waals surface area contributed by atoms with Gasteiger partial charge >= 0.3 is 11.9 Å². The second-order valence-electron chi connectivity index (χ2n) is 2.55. The Hall–Kier alpha value is -1.70. The van der Waals surface area contributed by atoms with Crippen LogP contribution in [-0.4, -0.2) is 47.6 Å². The predicted octanol–water partition coefficient (Wildman–Crippen LogP) is -1.03. The highest BCUT2D eigenvalue weighted by Crippen LogP contribution is 1.97. The van der Waals surface area contributed by atoms with Crippen LogP contribution in [0, 0.1) is 0 Å². The average molecular weight is 223 g/mol. The van der Waals surface area contributed by atoms with E-state index in [1.54, 1.807) is 5.32 Å². The van der Waals surface area contributed by atoms with Gasteiger partial charge in [-0.05, 0) is 0 Å². The molecule has 0 aliphatic heterocycles. The number of hydrogen-bond acceptors (Lipinski definition) is 4. The number of carbonyl (C=O) groups is 3. The van der Waals surface area contributed by atoms with Crippen molar-refractivity contribution in [2.75, 3.05) is 7.11 Å². The van der Waals surface area contributed by atoms with Gasteiger partial charge in [0.05, 0.1) is 6.42 Å². The lowest BCUT2D eigenvalue weighted by molar-refractivity contribution is -0.151. The Kier molecular flexibility index (Phi) is 5.24. The molecule has 0 saturated carbocycles. The molecule has 86 valence electrons. The summed E-state index contributed by atoms with van der Waals surface area (Å²) >= 11 is 0. The quantitative estimate of drug-likeness (QED) is 0.530. The van der Waals surface area contributed by atoms with Crippen LogP contribution in [0.2, 0.25) is 0 Å². The first-order valence-corrected chi connectivity index (χ1v) is 3.80. The Morgan fingerprint density at radius 3 is 2.27 bits per heavy atom. The molecule has 0 aromatic carbocycles. The number of alkyl halides is 1. The number of carboxylic acid groups (broad SMARTS) is 2. The molecule has 7 nitrogen and oxygen atoms in total. The van der Waals surface area contributed by atoms with Crippen LogP contribution < -0.4 is 5.32 Å². The third-order valence-corrected chi connectivity index (χ3v) is 1.41. The van der Waals surface area contributed by atoms with Crippen LogP contribution in [0.1, 0.15) is 6.42 Å². The second-order valence-corrected chi connectivity index (χ2v) is 2.55. The first-order chi connectivity index (χ1) is 6.88. The number of amides is 1. The Morgan fingerprint density at radius 2 is 1.93 bits per heavy atom. The molecule has 0 heterocycles. The van der Waals surface area contributed by atoms with Crippen LogP contribution in [0.15, 0.2) is 0 Å². The van der Waals surface area contributed by atoms with E-state index < -0.39 is 36.7 Å². The minimum atomic E-state index is -2.32. The van der Waals surface area contributed by atoms with Crippen molar-refractivity contribution in [3.05, 3.63) is 0 Å². The van der Waals surface area contributed by atoms with Crippen molar-refractivity contribution in [3.63, 3.8) is 0 Å².